The topological polar surface area (TPSA) is 29.5 Å². The Labute approximate surface area is 96.0 Å². The third-order valence-electron chi connectivity index (χ3n) is 2.30. The van der Waals surface area contributed by atoms with Crippen molar-refractivity contribution in [2.75, 3.05) is 6.61 Å². The standard InChI is InChI=1S/C10H10BrClO2/c11-6-3-4-7(12)10-9(6)8(13)2-1-5-14-10/h3-4,8,13H,1-2,5H2/t8-/m1/s1. The average molecular weight is 278 g/mol. The molecule has 0 aromatic heterocycles. The maximum Gasteiger partial charge on any atom is 0.144 e. The minimum Gasteiger partial charge on any atom is -0.492 e. The van der Waals surface area contributed by atoms with Gasteiger partial charge in [0.05, 0.1) is 17.7 Å². The smallest absolute Gasteiger partial charge is 0.144 e. The van der Waals surface area contributed by atoms with Crippen LogP contribution in [-0.2, 0) is 0 Å². The van der Waals surface area contributed by atoms with Crippen LogP contribution < -0.4 is 4.74 Å². The van der Waals surface area contributed by atoms with E-state index in [0.717, 1.165) is 16.5 Å². The van der Waals surface area contributed by atoms with Crippen LogP contribution >= 0.6 is 27.5 Å². The fourth-order valence-corrected chi connectivity index (χ4v) is 2.40. The Morgan fingerprint density at radius 1 is 1.50 bits per heavy atom. The van der Waals surface area contributed by atoms with E-state index in [4.69, 9.17) is 16.3 Å². The van der Waals surface area contributed by atoms with Crippen LogP contribution in [-0.4, -0.2) is 11.7 Å². The van der Waals surface area contributed by atoms with Crippen LogP contribution in [0.25, 0.3) is 0 Å². The van der Waals surface area contributed by atoms with E-state index >= 15 is 0 Å². The maximum atomic E-state index is 9.88. The Balaban J connectivity index is 2.57. The van der Waals surface area contributed by atoms with Gasteiger partial charge in [-0.05, 0) is 25.0 Å². The van der Waals surface area contributed by atoms with Crippen molar-refractivity contribution in [3.05, 3.63) is 27.2 Å². The van der Waals surface area contributed by atoms with E-state index in [2.05, 4.69) is 15.9 Å². The van der Waals surface area contributed by atoms with Crippen molar-refractivity contribution in [2.45, 2.75) is 18.9 Å². The number of benzene rings is 1. The molecule has 0 saturated carbocycles. The molecule has 0 radical (unpaired) electrons. The molecule has 1 atom stereocenters. The molecule has 76 valence electrons. The first-order valence-electron chi connectivity index (χ1n) is 4.49. The van der Waals surface area contributed by atoms with Gasteiger partial charge in [0.1, 0.15) is 5.75 Å². The summed E-state index contributed by atoms with van der Waals surface area (Å²) in [5, 5.41) is 10.4. The largest absolute Gasteiger partial charge is 0.492 e. The fourth-order valence-electron chi connectivity index (χ4n) is 1.60. The molecule has 4 heteroatoms. The van der Waals surface area contributed by atoms with Gasteiger partial charge in [-0.15, -0.1) is 0 Å². The lowest BCUT2D eigenvalue weighted by Gasteiger charge is -2.13. The molecule has 1 aliphatic heterocycles. The van der Waals surface area contributed by atoms with Gasteiger partial charge in [-0.2, -0.15) is 0 Å². The molecule has 0 unspecified atom stereocenters. The van der Waals surface area contributed by atoms with Crippen molar-refractivity contribution in [3.63, 3.8) is 0 Å². The van der Waals surface area contributed by atoms with E-state index in [-0.39, 0.29) is 0 Å². The normalized spacial score (nSPS) is 20.9. The van der Waals surface area contributed by atoms with Crippen LogP contribution in [0.15, 0.2) is 16.6 Å². The molecule has 0 aliphatic carbocycles. The summed E-state index contributed by atoms with van der Waals surface area (Å²) in [7, 11) is 0. The second-order valence-corrected chi connectivity index (χ2v) is 4.54. The van der Waals surface area contributed by atoms with E-state index in [9.17, 15) is 5.11 Å². The monoisotopic (exact) mass is 276 g/mol. The summed E-state index contributed by atoms with van der Waals surface area (Å²) < 4.78 is 6.36. The fraction of sp³-hybridized carbons (Fsp3) is 0.400. The first-order valence-corrected chi connectivity index (χ1v) is 5.66. The molecule has 1 heterocycles. The average Bonchev–Trinajstić information content (AvgIpc) is 2.35. The number of aliphatic hydroxyl groups is 1. The van der Waals surface area contributed by atoms with Crippen LogP contribution in [0, 0.1) is 0 Å². The van der Waals surface area contributed by atoms with Crippen molar-refractivity contribution in [1.82, 2.24) is 0 Å². The second kappa shape index (κ2) is 4.09. The van der Waals surface area contributed by atoms with E-state index in [1.54, 1.807) is 6.07 Å². The van der Waals surface area contributed by atoms with E-state index in [0.29, 0.717) is 23.8 Å². The van der Waals surface area contributed by atoms with Crippen molar-refractivity contribution in [1.29, 1.82) is 0 Å². The van der Waals surface area contributed by atoms with Crippen LogP contribution in [0.5, 0.6) is 5.75 Å². The zero-order chi connectivity index (χ0) is 10.1. The lowest BCUT2D eigenvalue weighted by molar-refractivity contribution is 0.167. The van der Waals surface area contributed by atoms with Gasteiger partial charge in [0.25, 0.3) is 0 Å². The predicted molar refractivity (Wildman–Crippen MR) is 58.8 cm³/mol. The summed E-state index contributed by atoms with van der Waals surface area (Å²) in [5.41, 5.74) is 0.773. The molecule has 0 fully saturated rings. The van der Waals surface area contributed by atoms with Crippen molar-refractivity contribution in [3.8, 4) is 5.75 Å². The summed E-state index contributed by atoms with van der Waals surface area (Å²) in [5.74, 6) is 0.617. The molecular formula is C10H10BrClO2. The van der Waals surface area contributed by atoms with Gasteiger partial charge < -0.3 is 9.84 Å². The van der Waals surface area contributed by atoms with Crippen molar-refractivity contribution >= 4 is 27.5 Å². The first kappa shape index (κ1) is 10.3. The highest BCUT2D eigenvalue weighted by Gasteiger charge is 2.22. The summed E-state index contributed by atoms with van der Waals surface area (Å²) in [6.07, 6.45) is 1.07. The summed E-state index contributed by atoms with van der Waals surface area (Å²) in [6, 6.07) is 3.60. The van der Waals surface area contributed by atoms with Gasteiger partial charge in [0.15, 0.2) is 0 Å². The minimum atomic E-state index is -0.486. The number of halogens is 2. The Hall–Kier alpha value is -0.250. The molecule has 2 nitrogen and oxygen atoms in total. The number of hydrogen-bond acceptors (Lipinski definition) is 2. The quantitative estimate of drug-likeness (QED) is 0.788. The van der Waals surface area contributed by atoms with Gasteiger partial charge in [-0.3, -0.25) is 0 Å². The Bertz CT molecular complexity index is 354. The molecule has 1 aromatic rings. The Morgan fingerprint density at radius 3 is 3.07 bits per heavy atom. The summed E-state index contributed by atoms with van der Waals surface area (Å²) in [6.45, 7) is 0.611. The van der Waals surface area contributed by atoms with Crippen LogP contribution in [0.1, 0.15) is 24.5 Å². The van der Waals surface area contributed by atoms with Crippen molar-refractivity contribution < 1.29 is 9.84 Å². The molecule has 0 spiro atoms. The minimum absolute atomic E-state index is 0.486. The number of fused-ring (bicyclic) bond motifs is 1. The van der Waals surface area contributed by atoms with Gasteiger partial charge >= 0.3 is 0 Å². The highest BCUT2D eigenvalue weighted by Crippen LogP contribution is 2.41. The second-order valence-electron chi connectivity index (χ2n) is 3.28. The predicted octanol–water partition coefficient (Wildman–Crippen LogP) is 3.31. The Morgan fingerprint density at radius 2 is 2.29 bits per heavy atom. The van der Waals surface area contributed by atoms with Crippen LogP contribution in [0.3, 0.4) is 0 Å². The van der Waals surface area contributed by atoms with Gasteiger partial charge in [0.2, 0.25) is 0 Å². The van der Waals surface area contributed by atoms with Crippen LogP contribution in [0.4, 0.5) is 0 Å². The van der Waals surface area contributed by atoms with E-state index < -0.39 is 6.10 Å². The lowest BCUT2D eigenvalue weighted by atomic mass is 10.1. The van der Waals surface area contributed by atoms with E-state index in [1.807, 2.05) is 6.07 Å². The van der Waals surface area contributed by atoms with Gasteiger partial charge in [0, 0.05) is 10.0 Å². The summed E-state index contributed by atoms with van der Waals surface area (Å²) >= 11 is 9.39. The van der Waals surface area contributed by atoms with Crippen molar-refractivity contribution in [2.24, 2.45) is 0 Å². The molecular weight excluding hydrogens is 267 g/mol. The van der Waals surface area contributed by atoms with Gasteiger partial charge in [-0.1, -0.05) is 27.5 Å². The lowest BCUT2D eigenvalue weighted by Crippen LogP contribution is -1.98. The molecule has 0 amide bonds. The van der Waals surface area contributed by atoms with Crippen LogP contribution in [0.2, 0.25) is 5.02 Å². The zero-order valence-corrected chi connectivity index (χ0v) is 9.81. The number of rotatable bonds is 0. The highest BCUT2D eigenvalue weighted by atomic mass is 79.9. The van der Waals surface area contributed by atoms with E-state index in [1.165, 1.54) is 0 Å². The third kappa shape index (κ3) is 1.76. The summed E-state index contributed by atoms with van der Waals surface area (Å²) in [4.78, 5) is 0. The number of ether oxygens (including phenoxy) is 1. The number of aliphatic hydroxyl groups excluding tert-OH is 1. The first-order chi connectivity index (χ1) is 6.70. The third-order valence-corrected chi connectivity index (χ3v) is 3.29. The molecule has 1 aliphatic rings. The SMILES string of the molecule is O[C@@H]1CCCOc2c(Cl)ccc(Br)c21. The molecule has 0 bridgehead atoms. The molecule has 2 rings (SSSR count). The molecule has 1 N–H and O–H groups in total. The zero-order valence-electron chi connectivity index (χ0n) is 7.46. The highest BCUT2D eigenvalue weighted by molar-refractivity contribution is 9.10. The van der Waals surface area contributed by atoms with Gasteiger partial charge in [-0.25, -0.2) is 0 Å². The maximum absolute atomic E-state index is 9.88. The molecule has 1 aromatic carbocycles. The molecule has 0 saturated heterocycles. The molecule has 14 heavy (non-hydrogen) atoms. The Kier molecular flexibility index (Phi) is 3.00. The number of hydrogen-bond donors (Lipinski definition) is 1.